The Bertz CT molecular complexity index is 1550. The van der Waals surface area contributed by atoms with Gasteiger partial charge in [-0.1, -0.05) is 18.5 Å². The first kappa shape index (κ1) is 26.4. The fourth-order valence-corrected chi connectivity index (χ4v) is 5.74. The minimum atomic E-state index is -4.74. The molecule has 1 aromatic heterocycles. The lowest BCUT2D eigenvalue weighted by Crippen LogP contribution is -2.36. The second-order valence-corrected chi connectivity index (χ2v) is 11.5. The molecule has 1 atom stereocenters. The monoisotopic (exact) mass is 544 g/mol. The molecule has 0 bridgehead atoms. The highest BCUT2D eigenvalue weighted by Crippen LogP contribution is 2.34. The third-order valence-corrected chi connectivity index (χ3v) is 8.34. The summed E-state index contributed by atoms with van der Waals surface area (Å²) in [5.74, 6) is -0.232. The van der Waals surface area contributed by atoms with E-state index in [9.17, 15) is 31.2 Å². The highest BCUT2D eigenvalue weighted by molar-refractivity contribution is 7.91. The van der Waals surface area contributed by atoms with E-state index in [0.29, 0.717) is 24.1 Å². The van der Waals surface area contributed by atoms with Crippen molar-refractivity contribution in [1.82, 2.24) is 14.5 Å². The Morgan fingerprint density at radius 3 is 2.47 bits per heavy atom. The van der Waals surface area contributed by atoms with E-state index in [4.69, 9.17) is 17.3 Å². The van der Waals surface area contributed by atoms with Crippen LogP contribution < -0.4 is 17.0 Å². The Morgan fingerprint density at radius 2 is 1.86 bits per heavy atom. The average Bonchev–Trinajstić information content (AvgIpc) is 3.19. The number of H-pyrrole nitrogens is 1. The largest absolute Gasteiger partial charge is 0.416 e. The van der Waals surface area contributed by atoms with Crippen LogP contribution in [0.15, 0.2) is 44.8 Å². The SMILES string of the molecule is CCS(=O)(=O)c1ccc(Cl)cc1Cn1c(=O)[nH]c2cc(CN3CCC(N)C3)c(C(F)(F)F)cc2c1=O. The third kappa shape index (κ3) is 5.22. The third-order valence-electron chi connectivity index (χ3n) is 6.28. The van der Waals surface area contributed by atoms with Crippen LogP contribution in [-0.4, -0.2) is 47.8 Å². The van der Waals surface area contributed by atoms with Gasteiger partial charge < -0.3 is 10.7 Å². The second-order valence-electron chi connectivity index (χ2n) is 8.81. The van der Waals surface area contributed by atoms with E-state index in [1.165, 1.54) is 31.2 Å². The minimum Gasteiger partial charge on any atom is -0.326 e. The van der Waals surface area contributed by atoms with Gasteiger partial charge in [0.1, 0.15) is 0 Å². The van der Waals surface area contributed by atoms with E-state index in [2.05, 4.69) is 4.98 Å². The highest BCUT2D eigenvalue weighted by Gasteiger charge is 2.35. The van der Waals surface area contributed by atoms with Crippen LogP contribution in [0.3, 0.4) is 0 Å². The smallest absolute Gasteiger partial charge is 0.326 e. The summed E-state index contributed by atoms with van der Waals surface area (Å²) < 4.78 is 67.5. The summed E-state index contributed by atoms with van der Waals surface area (Å²) in [6, 6.07) is 5.73. The number of aromatic amines is 1. The molecule has 3 aromatic rings. The van der Waals surface area contributed by atoms with Crippen LogP contribution in [-0.2, 0) is 29.1 Å². The van der Waals surface area contributed by atoms with Crippen molar-refractivity contribution in [3.63, 3.8) is 0 Å². The molecule has 4 rings (SSSR count). The van der Waals surface area contributed by atoms with Crippen LogP contribution in [0.25, 0.3) is 10.9 Å². The van der Waals surface area contributed by atoms with Gasteiger partial charge in [-0.15, -0.1) is 0 Å². The molecule has 2 heterocycles. The van der Waals surface area contributed by atoms with Gasteiger partial charge in [0.2, 0.25) is 0 Å². The lowest BCUT2D eigenvalue weighted by molar-refractivity contribution is -0.138. The Labute approximate surface area is 209 Å². The summed E-state index contributed by atoms with van der Waals surface area (Å²) in [5, 5.41) is -0.165. The fourth-order valence-electron chi connectivity index (χ4n) is 4.43. The van der Waals surface area contributed by atoms with Crippen molar-refractivity contribution in [3.8, 4) is 0 Å². The van der Waals surface area contributed by atoms with E-state index in [0.717, 1.165) is 6.07 Å². The minimum absolute atomic E-state index is 0.0374. The highest BCUT2D eigenvalue weighted by atomic mass is 35.5. The first-order valence-corrected chi connectivity index (χ1v) is 13.2. The molecule has 13 heteroatoms. The summed E-state index contributed by atoms with van der Waals surface area (Å²) in [6.07, 6.45) is -4.08. The number of rotatable bonds is 6. The normalized spacial score (nSPS) is 17.2. The molecule has 1 aliphatic heterocycles. The van der Waals surface area contributed by atoms with Crippen molar-refractivity contribution in [2.75, 3.05) is 18.8 Å². The van der Waals surface area contributed by atoms with Crippen molar-refractivity contribution in [1.29, 1.82) is 0 Å². The number of benzene rings is 2. The maximum atomic E-state index is 13.9. The van der Waals surface area contributed by atoms with Gasteiger partial charge in [0, 0.05) is 30.7 Å². The molecule has 0 saturated carbocycles. The standard InChI is InChI=1S/C23H24ClF3N4O4S/c1-2-36(34,35)20-4-3-15(24)7-14(20)11-31-21(32)17-9-18(23(25,26)27)13(8-19(17)29-22(31)33)10-30-6-5-16(28)12-30/h3-4,7-9,16H,2,5-6,10-12,28H2,1H3,(H,29,33). The van der Waals surface area contributed by atoms with Gasteiger partial charge in [-0.2, -0.15) is 13.2 Å². The summed E-state index contributed by atoms with van der Waals surface area (Å²) in [4.78, 5) is 30.2. The molecule has 0 spiro atoms. The van der Waals surface area contributed by atoms with Crippen LogP contribution in [0.5, 0.6) is 0 Å². The van der Waals surface area contributed by atoms with Gasteiger partial charge in [0.25, 0.3) is 5.56 Å². The number of hydrogen-bond donors (Lipinski definition) is 2. The van der Waals surface area contributed by atoms with Gasteiger partial charge in [-0.05, 0) is 47.9 Å². The van der Waals surface area contributed by atoms with Gasteiger partial charge in [0.05, 0.1) is 33.7 Å². The predicted molar refractivity (Wildman–Crippen MR) is 130 cm³/mol. The van der Waals surface area contributed by atoms with E-state index in [1.54, 1.807) is 4.90 Å². The molecule has 0 aliphatic carbocycles. The summed E-state index contributed by atoms with van der Waals surface area (Å²) in [6.45, 7) is 1.89. The molecule has 8 nitrogen and oxygen atoms in total. The van der Waals surface area contributed by atoms with E-state index in [-0.39, 0.29) is 50.3 Å². The Morgan fingerprint density at radius 1 is 1.14 bits per heavy atom. The van der Waals surface area contributed by atoms with Crippen molar-refractivity contribution < 1.29 is 21.6 Å². The first-order valence-electron chi connectivity index (χ1n) is 11.2. The number of hydrogen-bond acceptors (Lipinski definition) is 6. The maximum Gasteiger partial charge on any atom is 0.416 e. The molecule has 194 valence electrons. The van der Waals surface area contributed by atoms with Crippen molar-refractivity contribution in [2.24, 2.45) is 5.73 Å². The summed E-state index contributed by atoms with van der Waals surface area (Å²) in [5.41, 5.74) is 2.97. The molecule has 0 amide bonds. The predicted octanol–water partition coefficient (Wildman–Crippen LogP) is 2.74. The van der Waals surface area contributed by atoms with Gasteiger partial charge in [0.15, 0.2) is 9.84 Å². The number of sulfone groups is 1. The molecule has 2 aromatic carbocycles. The van der Waals surface area contributed by atoms with Crippen LogP contribution in [0.2, 0.25) is 5.02 Å². The van der Waals surface area contributed by atoms with Crippen molar-refractivity contribution in [3.05, 3.63) is 72.9 Å². The maximum absolute atomic E-state index is 13.9. The Balaban J connectivity index is 1.85. The summed E-state index contributed by atoms with van der Waals surface area (Å²) in [7, 11) is -3.73. The Hall–Kier alpha value is -2.67. The molecule has 1 saturated heterocycles. The fraction of sp³-hybridized carbons (Fsp3) is 0.391. The zero-order valence-electron chi connectivity index (χ0n) is 19.2. The van der Waals surface area contributed by atoms with Gasteiger partial charge >= 0.3 is 11.9 Å². The van der Waals surface area contributed by atoms with Gasteiger partial charge in [-0.25, -0.2) is 13.2 Å². The van der Waals surface area contributed by atoms with Gasteiger partial charge in [-0.3, -0.25) is 14.3 Å². The number of aromatic nitrogens is 2. The zero-order chi connectivity index (χ0) is 26.4. The average molecular weight is 545 g/mol. The number of halogens is 4. The summed E-state index contributed by atoms with van der Waals surface area (Å²) >= 11 is 6.01. The van der Waals surface area contributed by atoms with Crippen LogP contribution in [0, 0.1) is 0 Å². The zero-order valence-corrected chi connectivity index (χ0v) is 20.8. The van der Waals surface area contributed by atoms with Crippen molar-refractivity contribution in [2.45, 2.75) is 43.5 Å². The number of nitrogens with one attached hydrogen (secondary N) is 1. The first-order chi connectivity index (χ1) is 16.8. The molecular formula is C23H24ClF3N4O4S. The second kappa shape index (κ2) is 9.66. The topological polar surface area (TPSA) is 118 Å². The van der Waals surface area contributed by atoms with Crippen molar-refractivity contribution >= 4 is 32.3 Å². The number of fused-ring (bicyclic) bond motifs is 1. The molecule has 3 N–H and O–H groups in total. The number of nitrogens with zero attached hydrogens (tertiary/aromatic N) is 2. The molecular weight excluding hydrogens is 521 g/mol. The van der Waals surface area contributed by atoms with E-state index < -0.39 is 39.4 Å². The van der Waals surface area contributed by atoms with Crippen LogP contribution in [0.4, 0.5) is 13.2 Å². The number of nitrogens with two attached hydrogens (primary N) is 1. The lowest BCUT2D eigenvalue weighted by atomic mass is 10.0. The Kier molecular flexibility index (Phi) is 7.08. The molecule has 1 fully saturated rings. The number of likely N-dealkylation sites (tertiary alicyclic amines) is 1. The molecule has 1 aliphatic rings. The van der Waals surface area contributed by atoms with Crippen LogP contribution in [0.1, 0.15) is 30.0 Å². The molecule has 36 heavy (non-hydrogen) atoms. The lowest BCUT2D eigenvalue weighted by Gasteiger charge is -2.20. The number of alkyl halides is 3. The molecule has 1 unspecified atom stereocenters. The molecule has 0 radical (unpaired) electrons. The van der Waals surface area contributed by atoms with E-state index >= 15 is 0 Å². The van der Waals surface area contributed by atoms with E-state index in [1.807, 2.05) is 0 Å². The quantitative estimate of drug-likeness (QED) is 0.493. The van der Waals surface area contributed by atoms with Crippen LogP contribution >= 0.6 is 11.6 Å².